The number of nitrogens with one attached hydrogen (secondary N) is 1. The molecule has 0 aromatic carbocycles. The molecule has 1 atom stereocenters. The minimum Gasteiger partial charge on any atom is -0.481 e. The van der Waals surface area contributed by atoms with E-state index in [0.29, 0.717) is 12.5 Å². The summed E-state index contributed by atoms with van der Waals surface area (Å²) in [6.07, 6.45) is 2.12. The van der Waals surface area contributed by atoms with Crippen LogP contribution in [0.1, 0.15) is 12.8 Å². The molecule has 0 bridgehead atoms. The number of hydrogen-bond donors (Lipinski definition) is 2. The molecule has 1 rings (SSSR count). The average Bonchev–Trinajstić information content (AvgIpc) is 2.15. The van der Waals surface area contributed by atoms with E-state index < -0.39 is 5.97 Å². The SMILES string of the molecule is CNCC(C(=O)O)C1CCSCC1. The van der Waals surface area contributed by atoms with E-state index in [1.165, 1.54) is 0 Å². The van der Waals surface area contributed by atoms with Crippen LogP contribution in [0.2, 0.25) is 0 Å². The Balaban J connectivity index is 2.46. The fourth-order valence-electron chi connectivity index (χ4n) is 1.79. The number of hydrogen-bond acceptors (Lipinski definition) is 3. The molecule has 1 aliphatic heterocycles. The zero-order valence-electron chi connectivity index (χ0n) is 7.95. The van der Waals surface area contributed by atoms with Gasteiger partial charge in [-0.15, -0.1) is 0 Å². The third kappa shape index (κ3) is 3.19. The maximum Gasteiger partial charge on any atom is 0.308 e. The summed E-state index contributed by atoms with van der Waals surface area (Å²) in [4.78, 5) is 10.9. The van der Waals surface area contributed by atoms with Crippen molar-refractivity contribution in [3.05, 3.63) is 0 Å². The molecule has 0 saturated carbocycles. The summed E-state index contributed by atoms with van der Waals surface area (Å²) in [6.45, 7) is 0.602. The number of aliphatic carboxylic acids is 1. The quantitative estimate of drug-likeness (QED) is 0.717. The standard InChI is InChI=1S/C9H17NO2S/c1-10-6-8(9(11)12)7-2-4-13-5-3-7/h7-8,10H,2-6H2,1H3,(H,11,12). The van der Waals surface area contributed by atoms with Crippen molar-refractivity contribution in [3.8, 4) is 0 Å². The van der Waals surface area contributed by atoms with Crippen LogP contribution >= 0.6 is 11.8 Å². The van der Waals surface area contributed by atoms with Crippen molar-refractivity contribution in [2.75, 3.05) is 25.1 Å². The van der Waals surface area contributed by atoms with Gasteiger partial charge in [-0.1, -0.05) is 0 Å². The number of rotatable bonds is 4. The fourth-order valence-corrected chi connectivity index (χ4v) is 2.94. The van der Waals surface area contributed by atoms with Gasteiger partial charge in [0, 0.05) is 6.54 Å². The van der Waals surface area contributed by atoms with Gasteiger partial charge in [0.1, 0.15) is 0 Å². The first-order chi connectivity index (χ1) is 6.25. The van der Waals surface area contributed by atoms with E-state index in [1.54, 1.807) is 0 Å². The highest BCUT2D eigenvalue weighted by molar-refractivity contribution is 7.99. The van der Waals surface area contributed by atoms with E-state index in [9.17, 15) is 4.79 Å². The second kappa shape index (κ2) is 5.50. The van der Waals surface area contributed by atoms with Crippen LogP contribution < -0.4 is 5.32 Å². The summed E-state index contributed by atoms with van der Waals surface area (Å²) in [5.41, 5.74) is 0. The van der Waals surface area contributed by atoms with Crippen LogP contribution in [0.15, 0.2) is 0 Å². The summed E-state index contributed by atoms with van der Waals surface area (Å²) >= 11 is 1.93. The van der Waals surface area contributed by atoms with Crippen LogP contribution in [0, 0.1) is 11.8 Å². The Bertz CT molecular complexity index is 169. The van der Waals surface area contributed by atoms with Crippen LogP contribution in [-0.2, 0) is 4.79 Å². The maximum absolute atomic E-state index is 10.9. The summed E-state index contributed by atoms with van der Waals surface area (Å²) < 4.78 is 0. The molecule has 0 aromatic rings. The van der Waals surface area contributed by atoms with E-state index in [0.717, 1.165) is 24.3 Å². The average molecular weight is 203 g/mol. The summed E-state index contributed by atoms with van der Waals surface area (Å²) in [5, 5.41) is 12.0. The summed E-state index contributed by atoms with van der Waals surface area (Å²) in [5.74, 6) is 1.79. The van der Waals surface area contributed by atoms with E-state index in [1.807, 2.05) is 18.8 Å². The summed E-state index contributed by atoms with van der Waals surface area (Å²) in [7, 11) is 1.81. The molecule has 13 heavy (non-hydrogen) atoms. The Labute approximate surface area is 83.3 Å². The molecule has 1 aliphatic rings. The molecule has 1 unspecified atom stereocenters. The van der Waals surface area contributed by atoms with Crippen molar-refractivity contribution in [1.29, 1.82) is 0 Å². The molecule has 0 radical (unpaired) electrons. The minimum atomic E-state index is -0.647. The van der Waals surface area contributed by atoms with Crippen molar-refractivity contribution in [2.24, 2.45) is 11.8 Å². The zero-order valence-corrected chi connectivity index (χ0v) is 8.77. The molecule has 1 fully saturated rings. The number of thioether (sulfide) groups is 1. The third-order valence-corrected chi connectivity index (χ3v) is 3.62. The van der Waals surface area contributed by atoms with E-state index in [4.69, 9.17) is 5.11 Å². The van der Waals surface area contributed by atoms with Crippen LogP contribution in [0.5, 0.6) is 0 Å². The fraction of sp³-hybridized carbons (Fsp3) is 0.889. The van der Waals surface area contributed by atoms with Gasteiger partial charge >= 0.3 is 5.97 Å². The van der Waals surface area contributed by atoms with Crippen molar-refractivity contribution in [2.45, 2.75) is 12.8 Å². The number of carboxylic acids is 1. The van der Waals surface area contributed by atoms with Gasteiger partial charge in [0.05, 0.1) is 5.92 Å². The van der Waals surface area contributed by atoms with Crippen LogP contribution in [0.3, 0.4) is 0 Å². The topological polar surface area (TPSA) is 49.3 Å². The minimum absolute atomic E-state index is 0.189. The van der Waals surface area contributed by atoms with Crippen molar-refractivity contribution in [1.82, 2.24) is 5.32 Å². The molecule has 0 spiro atoms. The predicted molar refractivity (Wildman–Crippen MR) is 55.1 cm³/mol. The maximum atomic E-state index is 10.9. The normalized spacial score (nSPS) is 21.3. The van der Waals surface area contributed by atoms with Gasteiger partial charge in [0.25, 0.3) is 0 Å². The largest absolute Gasteiger partial charge is 0.481 e. The van der Waals surface area contributed by atoms with Gasteiger partial charge in [-0.3, -0.25) is 4.79 Å². The van der Waals surface area contributed by atoms with Crippen molar-refractivity contribution >= 4 is 17.7 Å². The second-order valence-electron chi connectivity index (χ2n) is 3.45. The molecule has 0 aromatic heterocycles. The first kappa shape index (κ1) is 10.9. The number of carbonyl (C=O) groups is 1. The molecule has 1 heterocycles. The molecular weight excluding hydrogens is 186 g/mol. The first-order valence-corrected chi connectivity index (χ1v) is 5.86. The smallest absolute Gasteiger partial charge is 0.308 e. The number of carboxylic acid groups (broad SMARTS) is 1. The Morgan fingerprint density at radius 3 is 2.69 bits per heavy atom. The van der Waals surface area contributed by atoms with Crippen molar-refractivity contribution < 1.29 is 9.90 Å². The van der Waals surface area contributed by atoms with Crippen LogP contribution in [0.4, 0.5) is 0 Å². The lowest BCUT2D eigenvalue weighted by atomic mass is 9.87. The van der Waals surface area contributed by atoms with E-state index in [2.05, 4.69) is 5.32 Å². The Morgan fingerprint density at radius 2 is 2.23 bits per heavy atom. The Morgan fingerprint density at radius 1 is 1.62 bits per heavy atom. The van der Waals surface area contributed by atoms with Gasteiger partial charge in [-0.05, 0) is 37.3 Å². The highest BCUT2D eigenvalue weighted by atomic mass is 32.2. The van der Waals surface area contributed by atoms with Gasteiger partial charge in [-0.25, -0.2) is 0 Å². The first-order valence-electron chi connectivity index (χ1n) is 4.71. The van der Waals surface area contributed by atoms with Gasteiger partial charge in [0.15, 0.2) is 0 Å². The molecule has 76 valence electrons. The molecule has 0 aliphatic carbocycles. The van der Waals surface area contributed by atoms with Crippen molar-refractivity contribution in [3.63, 3.8) is 0 Å². The van der Waals surface area contributed by atoms with Crippen LogP contribution in [-0.4, -0.2) is 36.2 Å². The van der Waals surface area contributed by atoms with Gasteiger partial charge in [0.2, 0.25) is 0 Å². The summed E-state index contributed by atoms with van der Waals surface area (Å²) in [6, 6.07) is 0. The van der Waals surface area contributed by atoms with Gasteiger partial charge in [-0.2, -0.15) is 11.8 Å². The van der Waals surface area contributed by atoms with E-state index >= 15 is 0 Å². The molecule has 2 N–H and O–H groups in total. The Hall–Kier alpha value is -0.220. The van der Waals surface area contributed by atoms with Gasteiger partial charge < -0.3 is 10.4 Å². The molecule has 4 heteroatoms. The lowest BCUT2D eigenvalue weighted by Crippen LogP contribution is -2.34. The lowest BCUT2D eigenvalue weighted by molar-refractivity contribution is -0.143. The predicted octanol–water partition coefficient (Wildman–Crippen LogP) is 1.05. The molecular formula is C9H17NO2S. The molecule has 3 nitrogen and oxygen atoms in total. The lowest BCUT2D eigenvalue weighted by Gasteiger charge is -2.26. The van der Waals surface area contributed by atoms with E-state index in [-0.39, 0.29) is 5.92 Å². The second-order valence-corrected chi connectivity index (χ2v) is 4.68. The molecule has 1 saturated heterocycles. The highest BCUT2D eigenvalue weighted by Gasteiger charge is 2.28. The van der Waals surface area contributed by atoms with Crippen LogP contribution in [0.25, 0.3) is 0 Å². The third-order valence-electron chi connectivity index (χ3n) is 2.58. The highest BCUT2D eigenvalue weighted by Crippen LogP contribution is 2.28. The monoisotopic (exact) mass is 203 g/mol. The zero-order chi connectivity index (χ0) is 9.68. The Kier molecular flexibility index (Phi) is 4.59. The molecule has 0 amide bonds.